The van der Waals surface area contributed by atoms with Gasteiger partial charge < -0.3 is 5.73 Å². The second-order valence-corrected chi connectivity index (χ2v) is 4.51. The fourth-order valence-electron chi connectivity index (χ4n) is 1.82. The Morgan fingerprint density at radius 2 is 2.00 bits per heavy atom. The minimum Gasteiger partial charge on any atom is -0.326 e. The number of nitrogens with zero attached hydrogens (tertiary/aromatic N) is 3. The molecule has 1 aromatic rings. The van der Waals surface area contributed by atoms with E-state index in [2.05, 4.69) is 30.9 Å². The first-order valence-corrected chi connectivity index (χ1v) is 5.39. The third-order valence-corrected chi connectivity index (χ3v) is 2.82. The summed E-state index contributed by atoms with van der Waals surface area (Å²) in [6.07, 6.45) is 3.93. The summed E-state index contributed by atoms with van der Waals surface area (Å²) in [5, 5.41) is 4.20. The molecular weight excluding hydrogens is 188 g/mol. The number of nitrogens with two attached hydrogens (primary N) is 1. The van der Waals surface area contributed by atoms with Crippen LogP contribution in [0, 0.1) is 0 Å². The summed E-state index contributed by atoms with van der Waals surface area (Å²) < 4.78 is 1.82. The van der Waals surface area contributed by atoms with E-state index in [9.17, 15) is 0 Å². The molecule has 0 amide bonds. The standard InChI is InChI=1S/C11H22N4/c1-8(2)15(5)11(9(3)12)10-6-13-14(4)7-10/h6-9,11H,12H2,1-5H3. The molecule has 1 rings (SSSR count). The van der Waals surface area contributed by atoms with E-state index in [0.717, 1.165) is 0 Å². The van der Waals surface area contributed by atoms with Crippen LogP contribution in [0.3, 0.4) is 0 Å². The highest BCUT2D eigenvalue weighted by atomic mass is 15.3. The number of aromatic nitrogens is 2. The molecule has 0 fully saturated rings. The van der Waals surface area contributed by atoms with Gasteiger partial charge in [0.2, 0.25) is 0 Å². The van der Waals surface area contributed by atoms with E-state index in [1.54, 1.807) is 0 Å². The molecule has 4 heteroatoms. The molecule has 0 saturated heterocycles. The van der Waals surface area contributed by atoms with Gasteiger partial charge in [-0.15, -0.1) is 0 Å². The van der Waals surface area contributed by atoms with Crippen molar-refractivity contribution in [1.29, 1.82) is 0 Å². The van der Waals surface area contributed by atoms with Gasteiger partial charge in [0.15, 0.2) is 0 Å². The highest BCUT2D eigenvalue weighted by Gasteiger charge is 2.23. The zero-order valence-corrected chi connectivity index (χ0v) is 10.3. The van der Waals surface area contributed by atoms with Crippen molar-refractivity contribution in [3.63, 3.8) is 0 Å². The Bertz CT molecular complexity index is 303. The monoisotopic (exact) mass is 210 g/mol. The van der Waals surface area contributed by atoms with E-state index in [1.165, 1.54) is 5.56 Å². The highest BCUT2D eigenvalue weighted by Crippen LogP contribution is 2.23. The summed E-state index contributed by atoms with van der Waals surface area (Å²) in [5.41, 5.74) is 7.22. The highest BCUT2D eigenvalue weighted by molar-refractivity contribution is 5.13. The number of likely N-dealkylation sites (N-methyl/N-ethyl adjacent to an activating group) is 1. The van der Waals surface area contributed by atoms with Crippen molar-refractivity contribution in [2.24, 2.45) is 12.8 Å². The molecule has 0 aliphatic carbocycles. The summed E-state index contributed by atoms with van der Waals surface area (Å²) in [6.45, 7) is 6.38. The molecular formula is C11H22N4. The molecule has 2 unspecified atom stereocenters. The molecule has 0 saturated carbocycles. The molecule has 2 atom stereocenters. The summed E-state index contributed by atoms with van der Waals surface area (Å²) >= 11 is 0. The Balaban J connectivity index is 2.93. The minimum absolute atomic E-state index is 0.0987. The molecule has 0 aliphatic rings. The van der Waals surface area contributed by atoms with Crippen molar-refractivity contribution in [2.45, 2.75) is 38.9 Å². The maximum absolute atomic E-state index is 6.04. The normalized spacial score (nSPS) is 16.0. The van der Waals surface area contributed by atoms with Crippen LogP contribution in [-0.4, -0.2) is 33.8 Å². The van der Waals surface area contributed by atoms with Gasteiger partial charge in [0, 0.05) is 30.9 Å². The van der Waals surface area contributed by atoms with E-state index >= 15 is 0 Å². The van der Waals surface area contributed by atoms with Crippen LogP contribution in [0.4, 0.5) is 0 Å². The van der Waals surface area contributed by atoms with E-state index < -0.39 is 0 Å². The predicted molar refractivity (Wildman–Crippen MR) is 62.5 cm³/mol. The van der Waals surface area contributed by atoms with E-state index in [0.29, 0.717) is 6.04 Å². The van der Waals surface area contributed by atoms with Crippen molar-refractivity contribution >= 4 is 0 Å². The first kappa shape index (κ1) is 12.2. The average molecular weight is 210 g/mol. The lowest BCUT2D eigenvalue weighted by atomic mass is 10.0. The molecule has 15 heavy (non-hydrogen) atoms. The van der Waals surface area contributed by atoms with Crippen LogP contribution in [0.25, 0.3) is 0 Å². The Hall–Kier alpha value is -0.870. The largest absolute Gasteiger partial charge is 0.326 e. The van der Waals surface area contributed by atoms with Crippen molar-refractivity contribution in [1.82, 2.24) is 14.7 Å². The van der Waals surface area contributed by atoms with Crippen LogP contribution in [0.5, 0.6) is 0 Å². The third kappa shape index (κ3) is 2.79. The smallest absolute Gasteiger partial charge is 0.0538 e. The average Bonchev–Trinajstić information content (AvgIpc) is 2.51. The van der Waals surface area contributed by atoms with Gasteiger partial charge in [0.25, 0.3) is 0 Å². The molecule has 0 bridgehead atoms. The lowest BCUT2D eigenvalue weighted by Gasteiger charge is -2.33. The van der Waals surface area contributed by atoms with Gasteiger partial charge in [-0.1, -0.05) is 0 Å². The molecule has 1 heterocycles. The molecule has 0 aromatic carbocycles. The summed E-state index contributed by atoms with van der Waals surface area (Å²) in [6, 6.07) is 0.807. The molecule has 86 valence electrons. The molecule has 2 N–H and O–H groups in total. The Labute approximate surface area is 92.1 Å². The van der Waals surface area contributed by atoms with Gasteiger partial charge in [-0.05, 0) is 27.8 Å². The maximum Gasteiger partial charge on any atom is 0.0538 e. The van der Waals surface area contributed by atoms with Crippen molar-refractivity contribution in [2.75, 3.05) is 7.05 Å². The number of hydrogen-bond donors (Lipinski definition) is 1. The van der Waals surface area contributed by atoms with Crippen molar-refractivity contribution in [3.8, 4) is 0 Å². The maximum atomic E-state index is 6.04. The summed E-state index contributed by atoms with van der Waals surface area (Å²) in [5.74, 6) is 0. The lowest BCUT2D eigenvalue weighted by molar-refractivity contribution is 0.175. The van der Waals surface area contributed by atoms with E-state index in [-0.39, 0.29) is 12.1 Å². The van der Waals surface area contributed by atoms with Crippen LogP contribution >= 0.6 is 0 Å². The lowest BCUT2D eigenvalue weighted by Crippen LogP contribution is -2.40. The Morgan fingerprint density at radius 3 is 2.33 bits per heavy atom. The first-order chi connectivity index (χ1) is 6.93. The first-order valence-electron chi connectivity index (χ1n) is 5.39. The SMILES string of the molecule is CC(N)C(c1cnn(C)c1)N(C)C(C)C. The van der Waals surface area contributed by atoms with Crippen LogP contribution in [-0.2, 0) is 7.05 Å². The number of rotatable bonds is 4. The zero-order chi connectivity index (χ0) is 11.6. The van der Waals surface area contributed by atoms with E-state index in [1.807, 2.05) is 31.0 Å². The second kappa shape index (κ2) is 4.77. The van der Waals surface area contributed by atoms with Gasteiger partial charge in [-0.25, -0.2) is 0 Å². The molecule has 0 radical (unpaired) electrons. The van der Waals surface area contributed by atoms with Gasteiger partial charge in [-0.3, -0.25) is 9.58 Å². The molecule has 4 nitrogen and oxygen atoms in total. The fourth-order valence-corrected chi connectivity index (χ4v) is 1.82. The van der Waals surface area contributed by atoms with Crippen LogP contribution in [0.15, 0.2) is 12.4 Å². The van der Waals surface area contributed by atoms with Crippen LogP contribution in [0.1, 0.15) is 32.4 Å². The van der Waals surface area contributed by atoms with Crippen LogP contribution < -0.4 is 5.73 Å². The molecule has 1 aromatic heterocycles. The minimum atomic E-state index is 0.0987. The van der Waals surface area contributed by atoms with Crippen LogP contribution in [0.2, 0.25) is 0 Å². The fraction of sp³-hybridized carbons (Fsp3) is 0.727. The third-order valence-electron chi connectivity index (χ3n) is 2.82. The van der Waals surface area contributed by atoms with Gasteiger partial charge in [0.1, 0.15) is 0 Å². The van der Waals surface area contributed by atoms with Gasteiger partial charge in [0.05, 0.1) is 12.2 Å². The van der Waals surface area contributed by atoms with Crippen molar-refractivity contribution in [3.05, 3.63) is 18.0 Å². The number of hydrogen-bond acceptors (Lipinski definition) is 3. The van der Waals surface area contributed by atoms with E-state index in [4.69, 9.17) is 5.73 Å². The predicted octanol–water partition coefficient (Wildman–Crippen LogP) is 1.15. The Kier molecular flexibility index (Phi) is 3.88. The number of aryl methyl sites for hydroxylation is 1. The molecule has 0 spiro atoms. The summed E-state index contributed by atoms with van der Waals surface area (Å²) in [4.78, 5) is 2.28. The Morgan fingerprint density at radius 1 is 1.40 bits per heavy atom. The summed E-state index contributed by atoms with van der Waals surface area (Å²) in [7, 11) is 4.03. The van der Waals surface area contributed by atoms with Crippen molar-refractivity contribution < 1.29 is 0 Å². The molecule has 0 aliphatic heterocycles. The second-order valence-electron chi connectivity index (χ2n) is 4.51. The quantitative estimate of drug-likeness (QED) is 0.811. The van der Waals surface area contributed by atoms with Gasteiger partial charge in [-0.2, -0.15) is 5.10 Å². The topological polar surface area (TPSA) is 47.1 Å². The van der Waals surface area contributed by atoms with Gasteiger partial charge >= 0.3 is 0 Å². The zero-order valence-electron chi connectivity index (χ0n) is 10.3.